The summed E-state index contributed by atoms with van der Waals surface area (Å²) >= 11 is 0. The number of hydrogen-bond donors (Lipinski definition) is 2. The molecule has 6 aromatic rings. The summed E-state index contributed by atoms with van der Waals surface area (Å²) in [4.78, 5) is 37.1. The molecule has 0 unspecified atom stereocenters. The maximum absolute atomic E-state index is 14.5. The number of amides is 1. The van der Waals surface area contributed by atoms with E-state index in [0.717, 1.165) is 4.57 Å². The maximum Gasteiger partial charge on any atom is 0.267 e. The van der Waals surface area contributed by atoms with E-state index in [0.29, 0.717) is 16.8 Å². The van der Waals surface area contributed by atoms with Gasteiger partial charge in [0.2, 0.25) is 0 Å². The SMILES string of the molecule is [B]c1c([B])c([B])c(-n2c([C@@H](C)NC(=O)c3c(N)nn4cccnc34)nc3cccc(C#Cc4ccnn4C)c3c2=O)c([B])c1[B]. The fourth-order valence-electron chi connectivity index (χ4n) is 5.02. The highest BCUT2D eigenvalue weighted by molar-refractivity contribution is 6.68. The summed E-state index contributed by atoms with van der Waals surface area (Å²) in [5, 5.41) is 11.3. The molecule has 45 heavy (non-hydrogen) atoms. The molecular formula is C29H18B5N9O2. The summed E-state index contributed by atoms with van der Waals surface area (Å²) in [6.07, 6.45) is 4.73. The monoisotopic (exact) mass is 579 g/mol. The fourth-order valence-corrected chi connectivity index (χ4v) is 5.02. The minimum Gasteiger partial charge on any atom is -0.381 e. The Balaban J connectivity index is 1.59. The summed E-state index contributed by atoms with van der Waals surface area (Å²) in [6.45, 7) is 1.62. The van der Waals surface area contributed by atoms with Crippen molar-refractivity contribution < 1.29 is 4.79 Å². The molecule has 0 bridgehead atoms. The molecule has 0 aliphatic rings. The van der Waals surface area contributed by atoms with E-state index in [1.165, 1.54) is 10.7 Å². The van der Waals surface area contributed by atoms with Crippen LogP contribution in [0.5, 0.6) is 0 Å². The average molecular weight is 579 g/mol. The molecule has 1 amide bonds. The Morgan fingerprint density at radius 1 is 0.978 bits per heavy atom. The zero-order valence-electron chi connectivity index (χ0n) is 24.1. The van der Waals surface area contributed by atoms with Gasteiger partial charge >= 0.3 is 0 Å². The summed E-state index contributed by atoms with van der Waals surface area (Å²) < 4.78 is 4.15. The molecule has 0 fully saturated rings. The van der Waals surface area contributed by atoms with Crippen molar-refractivity contribution in [2.75, 3.05) is 5.73 Å². The Labute approximate surface area is 263 Å². The molecule has 0 aliphatic heterocycles. The molecule has 0 spiro atoms. The van der Waals surface area contributed by atoms with Crippen molar-refractivity contribution in [3.63, 3.8) is 0 Å². The van der Waals surface area contributed by atoms with Crippen molar-refractivity contribution in [1.82, 2.24) is 39.2 Å². The number of carbonyl (C=O) groups excluding carboxylic acids is 1. The van der Waals surface area contributed by atoms with Gasteiger partial charge in [-0.05, 0) is 37.1 Å². The van der Waals surface area contributed by atoms with Crippen LogP contribution in [0.1, 0.15) is 40.4 Å². The van der Waals surface area contributed by atoms with Crippen LogP contribution in [0, 0.1) is 11.8 Å². The molecule has 4 aromatic heterocycles. The maximum atomic E-state index is 14.5. The normalized spacial score (nSPS) is 11.8. The first-order chi connectivity index (χ1) is 21.5. The Hall–Kier alpha value is -5.44. The highest BCUT2D eigenvalue weighted by Crippen LogP contribution is 2.21. The van der Waals surface area contributed by atoms with Crippen LogP contribution >= 0.6 is 0 Å². The van der Waals surface area contributed by atoms with Gasteiger partial charge in [0.15, 0.2) is 11.5 Å². The van der Waals surface area contributed by atoms with Crippen LogP contribution in [0.4, 0.5) is 5.82 Å². The standard InChI is InChI=1S/C29H18B5N9O2/c1-13(38-28(44)18-25(35)40-42-12-4-10-36-27(18)42)26-39-16-6-3-5-14(7-8-15-9-11-37-41(15)2)17(16)29(45)43(26)24-22(33)20(31)19(30)21(32)23(24)34/h3-6,9-13H,1-2H3,(H2,35,40)(H,38,44)/t13-/m1/s1. The van der Waals surface area contributed by atoms with Crippen molar-refractivity contribution in [2.24, 2.45) is 7.05 Å². The summed E-state index contributed by atoms with van der Waals surface area (Å²) in [5.74, 6) is 5.47. The third-order valence-corrected chi connectivity index (χ3v) is 7.35. The van der Waals surface area contributed by atoms with Crippen LogP contribution in [0.15, 0.2) is 53.7 Å². The van der Waals surface area contributed by atoms with Gasteiger partial charge in [-0.1, -0.05) is 22.9 Å². The van der Waals surface area contributed by atoms with Crippen LogP contribution in [0.2, 0.25) is 0 Å². The first-order valence-corrected chi connectivity index (χ1v) is 13.5. The van der Waals surface area contributed by atoms with Crippen molar-refractivity contribution in [3.8, 4) is 17.5 Å². The van der Waals surface area contributed by atoms with Gasteiger partial charge in [-0.15, -0.1) is 21.5 Å². The Morgan fingerprint density at radius 2 is 1.69 bits per heavy atom. The van der Waals surface area contributed by atoms with E-state index in [1.54, 1.807) is 61.4 Å². The molecule has 16 heteroatoms. The molecule has 6 rings (SSSR count). The number of carbonyl (C=O) groups is 1. The van der Waals surface area contributed by atoms with Gasteiger partial charge < -0.3 is 11.1 Å². The molecule has 206 valence electrons. The van der Waals surface area contributed by atoms with Gasteiger partial charge in [-0.2, -0.15) is 5.10 Å². The Bertz CT molecular complexity index is 2290. The number of nitrogens with one attached hydrogen (secondary N) is 1. The largest absolute Gasteiger partial charge is 0.381 e. The third-order valence-electron chi connectivity index (χ3n) is 7.35. The highest BCUT2D eigenvalue weighted by atomic mass is 16.2. The molecule has 0 saturated heterocycles. The Morgan fingerprint density at radius 3 is 2.38 bits per heavy atom. The lowest BCUT2D eigenvalue weighted by Gasteiger charge is -2.26. The molecule has 11 nitrogen and oxygen atoms in total. The number of anilines is 1. The lowest BCUT2D eigenvalue weighted by molar-refractivity contribution is 0.0940. The zero-order valence-corrected chi connectivity index (χ0v) is 24.1. The number of hydrogen-bond acceptors (Lipinski definition) is 7. The second kappa shape index (κ2) is 11.2. The number of aromatic nitrogens is 7. The molecule has 2 aromatic carbocycles. The predicted octanol–water partition coefficient (Wildman–Crippen LogP) is -3.40. The number of aryl methyl sites for hydroxylation is 1. The topological polar surface area (TPSA) is 138 Å². The van der Waals surface area contributed by atoms with E-state index < -0.39 is 17.5 Å². The van der Waals surface area contributed by atoms with E-state index in [1.807, 2.05) is 0 Å². The number of benzene rings is 2. The number of rotatable bonds is 4. The van der Waals surface area contributed by atoms with Gasteiger partial charge in [0.1, 0.15) is 56.3 Å². The van der Waals surface area contributed by atoms with E-state index in [4.69, 9.17) is 49.9 Å². The van der Waals surface area contributed by atoms with Crippen LogP contribution in [0.25, 0.3) is 22.2 Å². The van der Waals surface area contributed by atoms with Gasteiger partial charge in [-0.3, -0.25) is 18.8 Å². The lowest BCUT2D eigenvalue weighted by Crippen LogP contribution is -2.57. The Kier molecular flexibility index (Phi) is 7.40. The van der Waals surface area contributed by atoms with Crippen LogP contribution < -0.4 is 43.9 Å². The van der Waals surface area contributed by atoms with Crippen molar-refractivity contribution >= 4 is 94.8 Å². The second-order valence-corrected chi connectivity index (χ2v) is 10.2. The van der Waals surface area contributed by atoms with E-state index in [-0.39, 0.29) is 61.2 Å². The molecule has 3 N–H and O–H groups in total. The number of nitrogens with zero attached hydrogens (tertiary/aromatic N) is 7. The molecular weight excluding hydrogens is 560 g/mol. The minimum atomic E-state index is -0.935. The quantitative estimate of drug-likeness (QED) is 0.164. The minimum absolute atomic E-state index is 0.0303. The molecule has 1 atom stereocenters. The summed E-state index contributed by atoms with van der Waals surface area (Å²) in [6, 6.07) is 7.51. The van der Waals surface area contributed by atoms with Gasteiger partial charge in [0, 0.05) is 30.7 Å². The van der Waals surface area contributed by atoms with E-state index in [9.17, 15) is 9.59 Å². The zero-order chi connectivity index (χ0) is 32.2. The summed E-state index contributed by atoms with van der Waals surface area (Å²) in [7, 11) is 33.0. The summed E-state index contributed by atoms with van der Waals surface area (Å²) in [5.41, 5.74) is 6.66. The molecule has 0 aliphatic carbocycles. The number of fused-ring (bicyclic) bond motifs is 2. The lowest BCUT2D eigenvalue weighted by atomic mass is 9.61. The van der Waals surface area contributed by atoms with Crippen LogP contribution in [-0.2, 0) is 7.05 Å². The van der Waals surface area contributed by atoms with Gasteiger partial charge in [-0.25, -0.2) is 14.5 Å². The van der Waals surface area contributed by atoms with Gasteiger partial charge in [0.25, 0.3) is 11.5 Å². The first-order valence-electron chi connectivity index (χ1n) is 13.5. The van der Waals surface area contributed by atoms with Crippen molar-refractivity contribution in [1.29, 1.82) is 0 Å². The predicted molar refractivity (Wildman–Crippen MR) is 177 cm³/mol. The highest BCUT2D eigenvalue weighted by Gasteiger charge is 2.26. The first kappa shape index (κ1) is 29.6. The second-order valence-electron chi connectivity index (χ2n) is 10.2. The smallest absolute Gasteiger partial charge is 0.267 e. The van der Waals surface area contributed by atoms with Crippen LogP contribution in [-0.4, -0.2) is 79.1 Å². The molecule has 4 heterocycles. The van der Waals surface area contributed by atoms with E-state index >= 15 is 0 Å². The number of nitrogens with two attached hydrogens (primary N) is 1. The third kappa shape index (κ3) is 4.90. The van der Waals surface area contributed by atoms with E-state index in [2.05, 4.69) is 32.3 Å². The fraction of sp³-hybridized carbons (Fsp3) is 0.103. The number of nitrogen functional groups attached to an aromatic ring is 1. The van der Waals surface area contributed by atoms with Crippen molar-refractivity contribution in [2.45, 2.75) is 13.0 Å². The average Bonchev–Trinajstić information content (AvgIpc) is 3.59. The molecule has 0 saturated carbocycles. The van der Waals surface area contributed by atoms with Crippen LogP contribution in [0.3, 0.4) is 0 Å². The van der Waals surface area contributed by atoms with Crippen molar-refractivity contribution in [3.05, 3.63) is 81.9 Å². The van der Waals surface area contributed by atoms with Gasteiger partial charge in [0.05, 0.1) is 23.1 Å². The molecule has 10 radical (unpaired) electrons.